The van der Waals surface area contributed by atoms with Crippen LogP contribution in [0.2, 0.25) is 0 Å². The average molecular weight is 180 g/mol. The summed E-state index contributed by atoms with van der Waals surface area (Å²) < 4.78 is 13.3. The SMILES string of the molecule is Cc1ccc(N2C=NNN2)c(F)c1. The summed E-state index contributed by atoms with van der Waals surface area (Å²) in [6, 6.07) is 5.01. The van der Waals surface area contributed by atoms with E-state index in [-0.39, 0.29) is 5.82 Å². The van der Waals surface area contributed by atoms with E-state index in [2.05, 4.69) is 16.2 Å². The van der Waals surface area contributed by atoms with Gasteiger partial charge >= 0.3 is 0 Å². The van der Waals surface area contributed by atoms with Crippen molar-refractivity contribution in [2.75, 3.05) is 5.01 Å². The van der Waals surface area contributed by atoms with Gasteiger partial charge in [-0.25, -0.2) is 14.9 Å². The van der Waals surface area contributed by atoms with Gasteiger partial charge in [0.05, 0.1) is 5.69 Å². The maximum Gasteiger partial charge on any atom is 0.148 e. The summed E-state index contributed by atoms with van der Waals surface area (Å²) in [5.74, 6) is -0.275. The molecule has 0 saturated heterocycles. The van der Waals surface area contributed by atoms with E-state index in [1.807, 2.05) is 13.0 Å². The molecule has 0 unspecified atom stereocenters. The first-order valence-corrected chi connectivity index (χ1v) is 3.86. The molecule has 1 aromatic carbocycles. The minimum atomic E-state index is -0.275. The van der Waals surface area contributed by atoms with Crippen molar-refractivity contribution < 1.29 is 4.39 Å². The highest BCUT2D eigenvalue weighted by Gasteiger charge is 2.11. The smallest absolute Gasteiger partial charge is 0.148 e. The van der Waals surface area contributed by atoms with Gasteiger partial charge in [-0.15, -0.1) is 5.53 Å². The van der Waals surface area contributed by atoms with E-state index in [1.165, 1.54) is 17.4 Å². The molecule has 5 heteroatoms. The number of hydrogen-bond acceptors (Lipinski definition) is 4. The molecule has 4 nitrogen and oxygen atoms in total. The molecule has 0 fully saturated rings. The Morgan fingerprint density at radius 2 is 2.31 bits per heavy atom. The third kappa shape index (κ3) is 1.46. The summed E-state index contributed by atoms with van der Waals surface area (Å²) in [6.07, 6.45) is 1.47. The first kappa shape index (κ1) is 8.00. The molecule has 0 amide bonds. The second kappa shape index (κ2) is 3.02. The summed E-state index contributed by atoms with van der Waals surface area (Å²) in [5.41, 5.74) is 6.48. The number of benzene rings is 1. The largest absolute Gasteiger partial charge is 0.242 e. The highest BCUT2D eigenvalue weighted by atomic mass is 19.1. The molecule has 0 spiro atoms. The lowest BCUT2D eigenvalue weighted by atomic mass is 10.2. The first-order chi connectivity index (χ1) is 6.27. The number of hydrazone groups is 1. The zero-order valence-electron chi connectivity index (χ0n) is 7.08. The van der Waals surface area contributed by atoms with E-state index in [1.54, 1.807) is 6.07 Å². The molecule has 0 bridgehead atoms. The van der Waals surface area contributed by atoms with Crippen LogP contribution in [0.4, 0.5) is 10.1 Å². The van der Waals surface area contributed by atoms with Crippen LogP contribution in [0.15, 0.2) is 23.3 Å². The van der Waals surface area contributed by atoms with Crippen molar-refractivity contribution in [2.45, 2.75) is 6.92 Å². The van der Waals surface area contributed by atoms with E-state index < -0.39 is 0 Å². The third-order valence-corrected chi connectivity index (χ3v) is 1.77. The number of hydrazine groups is 2. The van der Waals surface area contributed by atoms with Gasteiger partial charge < -0.3 is 0 Å². The van der Waals surface area contributed by atoms with Crippen LogP contribution >= 0.6 is 0 Å². The Kier molecular flexibility index (Phi) is 1.86. The van der Waals surface area contributed by atoms with Gasteiger partial charge in [-0.1, -0.05) is 6.07 Å². The normalized spacial score (nSPS) is 14.8. The molecule has 1 aliphatic heterocycles. The number of anilines is 1. The summed E-state index contributed by atoms with van der Waals surface area (Å²) in [7, 11) is 0. The summed E-state index contributed by atoms with van der Waals surface area (Å²) in [4.78, 5) is 0. The summed E-state index contributed by atoms with van der Waals surface area (Å²) in [5, 5.41) is 5.14. The predicted octanol–water partition coefficient (Wildman–Crippen LogP) is 0.907. The molecule has 0 radical (unpaired) electrons. The Bertz CT molecular complexity index is 350. The number of hydrogen-bond donors (Lipinski definition) is 2. The molecule has 1 aromatic rings. The lowest BCUT2D eigenvalue weighted by Gasteiger charge is -2.14. The van der Waals surface area contributed by atoms with Crippen LogP contribution in [0.5, 0.6) is 0 Å². The van der Waals surface area contributed by atoms with Crippen molar-refractivity contribution in [2.24, 2.45) is 5.10 Å². The van der Waals surface area contributed by atoms with Crippen LogP contribution in [0.3, 0.4) is 0 Å². The average Bonchev–Trinajstić information content (AvgIpc) is 2.56. The van der Waals surface area contributed by atoms with Gasteiger partial charge in [0.2, 0.25) is 0 Å². The van der Waals surface area contributed by atoms with Crippen molar-refractivity contribution >= 4 is 12.0 Å². The van der Waals surface area contributed by atoms with Gasteiger partial charge in [0, 0.05) is 0 Å². The Balaban J connectivity index is 2.34. The Hall–Kier alpha value is -1.62. The monoisotopic (exact) mass is 180 g/mol. The van der Waals surface area contributed by atoms with E-state index in [9.17, 15) is 4.39 Å². The molecule has 1 aliphatic rings. The number of nitrogens with one attached hydrogen (secondary N) is 2. The van der Waals surface area contributed by atoms with Gasteiger partial charge in [0.15, 0.2) is 0 Å². The number of halogens is 1. The van der Waals surface area contributed by atoms with E-state index in [0.29, 0.717) is 5.69 Å². The molecule has 68 valence electrons. The van der Waals surface area contributed by atoms with Crippen LogP contribution < -0.4 is 16.1 Å². The molecule has 2 N–H and O–H groups in total. The quantitative estimate of drug-likeness (QED) is 0.674. The Morgan fingerprint density at radius 1 is 1.46 bits per heavy atom. The number of aryl methyl sites for hydroxylation is 1. The lowest BCUT2D eigenvalue weighted by Crippen LogP contribution is -2.37. The fourth-order valence-corrected chi connectivity index (χ4v) is 1.13. The molecular weight excluding hydrogens is 171 g/mol. The second-order valence-electron chi connectivity index (χ2n) is 2.79. The van der Waals surface area contributed by atoms with Crippen LogP contribution in [-0.2, 0) is 0 Å². The molecular formula is C8H9FN4. The van der Waals surface area contributed by atoms with Crippen LogP contribution in [0, 0.1) is 12.7 Å². The zero-order chi connectivity index (χ0) is 9.26. The molecule has 1 heterocycles. The van der Waals surface area contributed by atoms with E-state index in [4.69, 9.17) is 0 Å². The van der Waals surface area contributed by atoms with Crippen molar-refractivity contribution in [3.05, 3.63) is 29.6 Å². The van der Waals surface area contributed by atoms with Crippen LogP contribution in [0.25, 0.3) is 0 Å². The fraction of sp³-hybridized carbons (Fsp3) is 0.125. The second-order valence-corrected chi connectivity index (χ2v) is 2.79. The minimum absolute atomic E-state index is 0.275. The van der Waals surface area contributed by atoms with Gasteiger partial charge in [-0.05, 0) is 24.6 Å². The summed E-state index contributed by atoms with van der Waals surface area (Å²) >= 11 is 0. The van der Waals surface area contributed by atoms with Crippen molar-refractivity contribution in [3.8, 4) is 0 Å². The van der Waals surface area contributed by atoms with Gasteiger partial charge in [0.25, 0.3) is 0 Å². The molecule has 13 heavy (non-hydrogen) atoms. The predicted molar refractivity (Wildman–Crippen MR) is 48.4 cm³/mol. The number of rotatable bonds is 1. The Labute approximate surface area is 75.0 Å². The van der Waals surface area contributed by atoms with Crippen LogP contribution in [-0.4, -0.2) is 6.34 Å². The van der Waals surface area contributed by atoms with E-state index in [0.717, 1.165) is 5.56 Å². The standard InChI is InChI=1S/C8H9FN4/c1-6-2-3-8(7(9)4-6)13-5-10-11-12-13/h2-5,11-12H,1H3. The third-order valence-electron chi connectivity index (χ3n) is 1.77. The molecule has 0 atom stereocenters. The number of nitrogens with zero attached hydrogens (tertiary/aromatic N) is 2. The van der Waals surface area contributed by atoms with Crippen molar-refractivity contribution in [1.82, 2.24) is 11.1 Å². The van der Waals surface area contributed by atoms with Crippen molar-refractivity contribution in [1.29, 1.82) is 0 Å². The van der Waals surface area contributed by atoms with Gasteiger partial charge in [-0.3, -0.25) is 0 Å². The molecule has 0 aromatic heterocycles. The van der Waals surface area contributed by atoms with Gasteiger partial charge in [-0.2, -0.15) is 5.10 Å². The highest BCUT2D eigenvalue weighted by molar-refractivity contribution is 5.79. The van der Waals surface area contributed by atoms with Crippen LogP contribution in [0.1, 0.15) is 5.56 Å². The van der Waals surface area contributed by atoms with Crippen molar-refractivity contribution in [3.63, 3.8) is 0 Å². The fourth-order valence-electron chi connectivity index (χ4n) is 1.13. The zero-order valence-corrected chi connectivity index (χ0v) is 7.08. The summed E-state index contributed by atoms with van der Waals surface area (Å²) in [6.45, 7) is 1.84. The molecule has 2 rings (SSSR count). The maximum absolute atomic E-state index is 13.3. The lowest BCUT2D eigenvalue weighted by molar-refractivity contribution is 0.591. The molecule has 0 saturated carbocycles. The van der Waals surface area contributed by atoms with Gasteiger partial charge in [0.1, 0.15) is 12.2 Å². The highest BCUT2D eigenvalue weighted by Crippen LogP contribution is 2.18. The Morgan fingerprint density at radius 3 is 2.92 bits per heavy atom. The first-order valence-electron chi connectivity index (χ1n) is 3.86. The maximum atomic E-state index is 13.3. The topological polar surface area (TPSA) is 39.7 Å². The minimum Gasteiger partial charge on any atom is -0.242 e. The van der Waals surface area contributed by atoms with E-state index >= 15 is 0 Å². The molecule has 0 aliphatic carbocycles.